The minimum Gasteiger partial charge on any atom is -0.329 e. The number of hydrogen-bond donors (Lipinski definition) is 2. The van der Waals surface area contributed by atoms with Gasteiger partial charge < -0.3 is 11.1 Å². The fraction of sp³-hybridized carbons (Fsp3) is 0.250. The van der Waals surface area contributed by atoms with Gasteiger partial charge in [0.25, 0.3) is 0 Å². The maximum absolute atomic E-state index is 12.9. The molecule has 3 nitrogen and oxygen atoms in total. The lowest BCUT2D eigenvalue weighted by molar-refractivity contribution is 0.531. The Bertz CT molecular complexity index is 690. The summed E-state index contributed by atoms with van der Waals surface area (Å²) in [5, 5.41) is 4.12. The highest BCUT2D eigenvalue weighted by molar-refractivity contribution is 7.85. The quantitative estimate of drug-likeness (QED) is 0.914. The van der Waals surface area contributed by atoms with Crippen molar-refractivity contribution >= 4 is 22.4 Å². The Balaban J connectivity index is 2.12. The molecule has 2 aromatic carbocycles. The number of nitrogens with two attached hydrogens (primary N) is 1. The third-order valence-electron chi connectivity index (χ3n) is 3.68. The van der Waals surface area contributed by atoms with Gasteiger partial charge in [-0.2, -0.15) is 0 Å². The van der Waals surface area contributed by atoms with E-state index in [1.54, 1.807) is 6.07 Å². The monoisotopic (exact) mass is 320 g/mol. The first-order valence-corrected chi connectivity index (χ1v) is 8.46. The molecule has 0 saturated carbocycles. The van der Waals surface area contributed by atoms with Crippen LogP contribution in [-0.2, 0) is 17.2 Å². The molecule has 1 heterocycles. The topological polar surface area (TPSA) is 55.1 Å². The van der Waals surface area contributed by atoms with E-state index in [-0.39, 0.29) is 6.04 Å². The molecule has 2 aromatic rings. The van der Waals surface area contributed by atoms with E-state index in [0.717, 1.165) is 33.9 Å². The normalized spacial score (nSPS) is 20.5. The molecular weight excluding hydrogens is 304 g/mol. The molecular formula is C16H17ClN2OS. The van der Waals surface area contributed by atoms with Crippen LogP contribution in [0.1, 0.15) is 17.2 Å². The van der Waals surface area contributed by atoms with Gasteiger partial charge in [0.1, 0.15) is 0 Å². The third-order valence-corrected chi connectivity index (χ3v) is 5.48. The van der Waals surface area contributed by atoms with E-state index in [2.05, 4.69) is 5.32 Å². The molecule has 5 heteroatoms. The standard InChI is InChI=1S/C16H17ClN2OS/c17-12-5-6-15-11(9-12)10-14(19-8-7-18)13-3-1-2-4-16(13)21(15)20/h1-6,9,14,19H,7-8,10,18H2. The van der Waals surface area contributed by atoms with E-state index in [4.69, 9.17) is 17.3 Å². The van der Waals surface area contributed by atoms with Crippen molar-refractivity contribution in [2.24, 2.45) is 5.73 Å². The van der Waals surface area contributed by atoms with Crippen LogP contribution in [0.25, 0.3) is 0 Å². The number of hydrogen-bond acceptors (Lipinski definition) is 3. The second kappa shape index (κ2) is 6.28. The number of benzene rings is 2. The second-order valence-electron chi connectivity index (χ2n) is 5.06. The van der Waals surface area contributed by atoms with Crippen LogP contribution in [0.2, 0.25) is 5.02 Å². The average Bonchev–Trinajstić information content (AvgIpc) is 2.61. The zero-order valence-electron chi connectivity index (χ0n) is 11.5. The van der Waals surface area contributed by atoms with Crippen LogP contribution in [0.3, 0.4) is 0 Å². The van der Waals surface area contributed by atoms with E-state index < -0.39 is 10.8 Å². The first-order valence-electron chi connectivity index (χ1n) is 6.93. The van der Waals surface area contributed by atoms with Crippen molar-refractivity contribution in [2.45, 2.75) is 22.3 Å². The zero-order chi connectivity index (χ0) is 14.8. The van der Waals surface area contributed by atoms with Gasteiger partial charge in [-0.3, -0.25) is 0 Å². The SMILES string of the molecule is NCCNC1Cc2cc(Cl)ccc2S(=O)c2ccccc21. The van der Waals surface area contributed by atoms with Gasteiger partial charge in [-0.15, -0.1) is 0 Å². The second-order valence-corrected chi connectivity index (χ2v) is 6.91. The van der Waals surface area contributed by atoms with E-state index in [1.807, 2.05) is 36.4 Å². The van der Waals surface area contributed by atoms with Crippen molar-refractivity contribution in [3.8, 4) is 0 Å². The van der Waals surface area contributed by atoms with Crippen LogP contribution in [0.5, 0.6) is 0 Å². The Morgan fingerprint density at radius 1 is 1.24 bits per heavy atom. The molecule has 0 aliphatic carbocycles. The lowest BCUT2D eigenvalue weighted by Gasteiger charge is -2.18. The van der Waals surface area contributed by atoms with E-state index >= 15 is 0 Å². The fourth-order valence-corrected chi connectivity index (χ4v) is 4.34. The van der Waals surface area contributed by atoms with Crippen molar-refractivity contribution in [2.75, 3.05) is 13.1 Å². The minimum atomic E-state index is -1.17. The molecule has 1 aliphatic heterocycles. The molecule has 0 amide bonds. The Morgan fingerprint density at radius 2 is 2.05 bits per heavy atom. The fourth-order valence-electron chi connectivity index (χ4n) is 2.71. The predicted molar refractivity (Wildman–Crippen MR) is 86.1 cm³/mol. The Labute approximate surface area is 132 Å². The molecule has 110 valence electrons. The molecule has 1 aliphatic rings. The van der Waals surface area contributed by atoms with Crippen LogP contribution in [0.15, 0.2) is 52.3 Å². The Kier molecular flexibility index (Phi) is 4.40. The van der Waals surface area contributed by atoms with Crippen LogP contribution in [0, 0.1) is 0 Å². The molecule has 21 heavy (non-hydrogen) atoms. The molecule has 0 aromatic heterocycles. The van der Waals surface area contributed by atoms with Crippen LogP contribution < -0.4 is 11.1 Å². The molecule has 2 atom stereocenters. The summed E-state index contributed by atoms with van der Waals surface area (Å²) in [5.74, 6) is 0. The number of fused-ring (bicyclic) bond motifs is 2. The third kappa shape index (κ3) is 2.90. The van der Waals surface area contributed by atoms with Gasteiger partial charge in [0.05, 0.1) is 10.8 Å². The largest absolute Gasteiger partial charge is 0.329 e. The summed E-state index contributed by atoms with van der Waals surface area (Å²) >= 11 is 6.10. The van der Waals surface area contributed by atoms with Crippen LogP contribution in [-0.4, -0.2) is 17.3 Å². The summed E-state index contributed by atoms with van der Waals surface area (Å²) in [5.41, 5.74) is 7.72. The molecule has 3 rings (SSSR count). The summed E-state index contributed by atoms with van der Waals surface area (Å²) in [6.07, 6.45) is 0.763. The molecule has 0 bridgehead atoms. The molecule has 0 spiro atoms. The summed E-state index contributed by atoms with van der Waals surface area (Å²) < 4.78 is 12.9. The van der Waals surface area contributed by atoms with E-state index in [1.165, 1.54) is 0 Å². The summed E-state index contributed by atoms with van der Waals surface area (Å²) in [4.78, 5) is 1.72. The van der Waals surface area contributed by atoms with Crippen molar-refractivity contribution in [1.29, 1.82) is 0 Å². The van der Waals surface area contributed by atoms with Gasteiger partial charge >= 0.3 is 0 Å². The lowest BCUT2D eigenvalue weighted by atomic mass is 9.99. The van der Waals surface area contributed by atoms with Crippen molar-refractivity contribution in [3.05, 3.63) is 58.6 Å². The molecule has 0 saturated heterocycles. The van der Waals surface area contributed by atoms with Crippen molar-refractivity contribution in [3.63, 3.8) is 0 Å². The smallest absolute Gasteiger partial charge is 0.0855 e. The highest BCUT2D eigenvalue weighted by Gasteiger charge is 2.26. The van der Waals surface area contributed by atoms with E-state index in [9.17, 15) is 4.21 Å². The Hall–Kier alpha value is -1.20. The molecule has 2 unspecified atom stereocenters. The van der Waals surface area contributed by atoms with Gasteiger partial charge in [-0.25, -0.2) is 4.21 Å². The summed E-state index contributed by atoms with van der Waals surface area (Å²) in [7, 11) is -1.17. The zero-order valence-corrected chi connectivity index (χ0v) is 13.1. The van der Waals surface area contributed by atoms with Gasteiger partial charge in [0, 0.05) is 33.9 Å². The molecule has 0 radical (unpaired) electrons. The van der Waals surface area contributed by atoms with Gasteiger partial charge in [-0.1, -0.05) is 29.8 Å². The number of halogens is 1. The first-order chi connectivity index (χ1) is 10.2. The highest BCUT2D eigenvalue weighted by atomic mass is 35.5. The average molecular weight is 321 g/mol. The minimum absolute atomic E-state index is 0.105. The van der Waals surface area contributed by atoms with Gasteiger partial charge in [0.15, 0.2) is 0 Å². The predicted octanol–water partition coefficient (Wildman–Crippen LogP) is 2.65. The lowest BCUT2D eigenvalue weighted by Crippen LogP contribution is -2.28. The van der Waals surface area contributed by atoms with Crippen molar-refractivity contribution < 1.29 is 4.21 Å². The summed E-state index contributed by atoms with van der Waals surface area (Å²) in [6, 6.07) is 13.6. The van der Waals surface area contributed by atoms with Gasteiger partial charge in [0.2, 0.25) is 0 Å². The molecule has 3 N–H and O–H groups in total. The van der Waals surface area contributed by atoms with Crippen LogP contribution >= 0.6 is 11.6 Å². The molecule has 0 fully saturated rings. The van der Waals surface area contributed by atoms with Gasteiger partial charge in [-0.05, 0) is 41.8 Å². The number of nitrogens with one attached hydrogen (secondary N) is 1. The van der Waals surface area contributed by atoms with Crippen molar-refractivity contribution in [1.82, 2.24) is 5.32 Å². The first kappa shape index (κ1) is 14.7. The van der Waals surface area contributed by atoms with Crippen LogP contribution in [0.4, 0.5) is 0 Å². The Morgan fingerprint density at radius 3 is 2.86 bits per heavy atom. The van der Waals surface area contributed by atoms with E-state index in [0.29, 0.717) is 11.6 Å². The maximum Gasteiger partial charge on any atom is 0.0855 e. The summed E-state index contributed by atoms with van der Waals surface area (Å²) in [6.45, 7) is 1.30. The maximum atomic E-state index is 12.9. The number of rotatable bonds is 3. The highest BCUT2D eigenvalue weighted by Crippen LogP contribution is 2.34.